The van der Waals surface area contributed by atoms with Crippen molar-refractivity contribution in [2.75, 3.05) is 13.2 Å². The average Bonchev–Trinajstić information content (AvgIpc) is 3.64. The molecule has 46 heavy (non-hydrogen) atoms. The fraction of sp³-hybridized carbons (Fsp3) is 0.500. The number of nitrogens with two attached hydrogens (primary N) is 1. The fourth-order valence-corrected chi connectivity index (χ4v) is 9.54. The maximum Gasteiger partial charge on any atom is 0.298 e. The van der Waals surface area contributed by atoms with Crippen LogP contribution in [0.3, 0.4) is 0 Å². The number of thiophene rings is 1. The maximum absolute atomic E-state index is 16.6. The second-order valence-corrected chi connectivity index (χ2v) is 16.2. The highest BCUT2D eigenvalue weighted by atomic mass is 35.5. The quantitative estimate of drug-likeness (QED) is 0.222. The molecule has 0 spiro atoms. The van der Waals surface area contributed by atoms with E-state index < -0.39 is 33.5 Å². The molecule has 7 nitrogen and oxygen atoms in total. The number of ether oxygens (including phenoxy) is 1. The van der Waals surface area contributed by atoms with E-state index in [1.165, 1.54) is 84.0 Å². The summed E-state index contributed by atoms with van der Waals surface area (Å²) >= 11 is 7.38. The highest BCUT2D eigenvalue weighted by molar-refractivity contribution is 7.89. The van der Waals surface area contributed by atoms with Crippen molar-refractivity contribution in [1.82, 2.24) is 9.62 Å². The van der Waals surface area contributed by atoms with Crippen molar-refractivity contribution in [1.29, 1.82) is 0 Å². The van der Waals surface area contributed by atoms with Crippen LogP contribution in [0.1, 0.15) is 63.4 Å². The maximum atomic E-state index is 16.6. The Morgan fingerprint density at radius 2 is 1.67 bits per heavy atom. The Bertz CT molecular complexity index is 1610. The molecule has 3 unspecified atom stereocenters. The Kier molecular flexibility index (Phi) is 10.1. The smallest absolute Gasteiger partial charge is 0.298 e. The van der Waals surface area contributed by atoms with E-state index in [1.807, 2.05) is 0 Å². The van der Waals surface area contributed by atoms with Gasteiger partial charge in [0.25, 0.3) is 5.92 Å². The first kappa shape index (κ1) is 33.3. The molecule has 248 valence electrons. The van der Waals surface area contributed by atoms with Crippen molar-refractivity contribution >= 4 is 38.9 Å². The third-order valence-corrected chi connectivity index (χ3v) is 12.6. The van der Waals surface area contributed by atoms with Gasteiger partial charge in [-0.15, -0.1) is 11.3 Å². The highest BCUT2D eigenvalue weighted by Gasteiger charge is 2.54. The molecule has 2 bridgehead atoms. The Morgan fingerprint density at radius 1 is 0.978 bits per heavy atom. The number of rotatable bonds is 11. The first-order chi connectivity index (χ1) is 22.1. The van der Waals surface area contributed by atoms with Gasteiger partial charge >= 0.3 is 0 Å². The first-order valence-electron chi connectivity index (χ1n) is 16.1. The summed E-state index contributed by atoms with van der Waals surface area (Å²) in [5, 5.41) is 0. The van der Waals surface area contributed by atoms with Gasteiger partial charge in [0.15, 0.2) is 6.04 Å². The zero-order valence-electron chi connectivity index (χ0n) is 25.5. The summed E-state index contributed by atoms with van der Waals surface area (Å²) in [5.74, 6) is -3.85. The Morgan fingerprint density at radius 3 is 2.33 bits per heavy atom. The number of nitrogens with one attached hydrogen (secondary N) is 1. The Hall–Kier alpha value is -2.57. The molecule has 6 rings (SSSR count). The number of carbonyl (C=O) groups excluding carboxylic acids is 1. The number of amides is 1. The van der Waals surface area contributed by atoms with E-state index in [-0.39, 0.29) is 22.9 Å². The van der Waals surface area contributed by atoms with E-state index in [0.717, 1.165) is 24.1 Å². The molecule has 2 aromatic carbocycles. The van der Waals surface area contributed by atoms with E-state index in [2.05, 4.69) is 4.72 Å². The van der Waals surface area contributed by atoms with Crippen molar-refractivity contribution in [2.45, 2.75) is 86.7 Å². The van der Waals surface area contributed by atoms with Crippen LogP contribution in [0.15, 0.2) is 65.6 Å². The number of hydrogen-bond acceptors (Lipinski definition) is 6. The molecule has 1 aliphatic carbocycles. The van der Waals surface area contributed by atoms with Crippen LogP contribution in [0, 0.1) is 11.8 Å². The zero-order valence-corrected chi connectivity index (χ0v) is 27.9. The average molecular weight is 692 g/mol. The van der Waals surface area contributed by atoms with Gasteiger partial charge in [0.1, 0.15) is 5.75 Å². The normalized spacial score (nSPS) is 23.0. The lowest BCUT2D eigenvalue weighted by Gasteiger charge is -2.42. The van der Waals surface area contributed by atoms with Crippen molar-refractivity contribution in [3.05, 3.63) is 70.6 Å². The van der Waals surface area contributed by atoms with Gasteiger partial charge in [-0.05, 0) is 98.9 Å². The number of hydrogen-bond donors (Lipinski definition) is 2. The van der Waals surface area contributed by atoms with E-state index in [9.17, 15) is 13.2 Å². The number of carbonyl (C=O) groups is 1. The number of halogens is 3. The van der Waals surface area contributed by atoms with Crippen LogP contribution in [-0.4, -0.2) is 50.5 Å². The number of nitrogens with zero attached hydrogens (tertiary/aromatic N) is 1. The lowest BCUT2D eigenvalue weighted by atomic mass is 9.89. The van der Waals surface area contributed by atoms with Crippen LogP contribution >= 0.6 is 22.9 Å². The molecule has 4 atom stereocenters. The topological polar surface area (TPSA) is 102 Å². The monoisotopic (exact) mass is 691 g/mol. The van der Waals surface area contributed by atoms with Crippen molar-refractivity contribution < 1.29 is 26.7 Å². The van der Waals surface area contributed by atoms with E-state index in [1.54, 1.807) is 12.1 Å². The molecule has 2 saturated heterocycles. The second-order valence-electron chi connectivity index (χ2n) is 12.8. The minimum atomic E-state index is -4.54. The van der Waals surface area contributed by atoms with E-state index in [0.29, 0.717) is 54.0 Å². The second kappa shape index (κ2) is 13.9. The number of benzene rings is 2. The SMILES string of the molecule is NCC1CCC2CCC1N2C(=O)[C@H](NS(=O)(=O)c1ccc(OCC2CCCCC2)cc1)C(F)(F)c1ccc(-c2ccc(Cl)s2)cc1. The summed E-state index contributed by atoms with van der Waals surface area (Å²) in [4.78, 5) is 16.2. The predicted molar refractivity (Wildman–Crippen MR) is 177 cm³/mol. The summed E-state index contributed by atoms with van der Waals surface area (Å²) in [5.41, 5.74) is 6.22. The van der Waals surface area contributed by atoms with Gasteiger partial charge in [0, 0.05) is 22.5 Å². The number of piperidine rings is 1. The molecule has 3 aromatic rings. The summed E-state index contributed by atoms with van der Waals surface area (Å²) in [7, 11) is -4.54. The summed E-state index contributed by atoms with van der Waals surface area (Å²) in [6, 6.07) is 11.9. The van der Waals surface area contributed by atoms with Crippen molar-refractivity contribution in [2.24, 2.45) is 17.6 Å². The van der Waals surface area contributed by atoms with Gasteiger partial charge in [-0.2, -0.15) is 13.5 Å². The molecule has 1 saturated carbocycles. The molecule has 3 heterocycles. The summed E-state index contributed by atoms with van der Waals surface area (Å²) in [6.07, 6.45) is 8.61. The lowest BCUT2D eigenvalue weighted by molar-refractivity contribution is -0.150. The minimum absolute atomic E-state index is 0.0216. The molecule has 0 radical (unpaired) electrons. The van der Waals surface area contributed by atoms with E-state index in [4.69, 9.17) is 22.1 Å². The molecule has 3 aliphatic rings. The summed E-state index contributed by atoms with van der Waals surface area (Å²) < 4.78 is 69.1. The van der Waals surface area contributed by atoms with Crippen molar-refractivity contribution in [3.63, 3.8) is 0 Å². The predicted octanol–water partition coefficient (Wildman–Crippen LogP) is 7.19. The van der Waals surface area contributed by atoms with Gasteiger partial charge in [-0.3, -0.25) is 4.79 Å². The Labute approximate surface area is 278 Å². The number of alkyl halides is 2. The third kappa shape index (κ3) is 6.99. The molecule has 2 aliphatic heterocycles. The van der Waals surface area contributed by atoms with Crippen LogP contribution in [-0.2, 0) is 20.7 Å². The van der Waals surface area contributed by atoms with Crippen molar-refractivity contribution in [3.8, 4) is 16.2 Å². The van der Waals surface area contributed by atoms with Gasteiger partial charge < -0.3 is 15.4 Å². The van der Waals surface area contributed by atoms with Crippen LogP contribution in [0.4, 0.5) is 8.78 Å². The highest BCUT2D eigenvalue weighted by Crippen LogP contribution is 2.42. The standard InChI is InChI=1S/C34H40ClF2N3O4S2/c35-31-19-18-30(45-31)23-6-9-25(10-7-23)34(36,37)32(33(41)40-26-11-8-24(20-38)29(40)17-12-26)39-46(42,43)28-15-13-27(14-16-28)44-21-22-4-2-1-3-5-22/h6-7,9-10,13-16,18-19,22,24,26,29,32,39H,1-5,8,11-12,17,20-21,38H2/t24?,26?,29?,32-/m0/s1. The fourth-order valence-electron chi connectivity index (χ4n) is 7.30. The van der Waals surface area contributed by atoms with Crippen LogP contribution in [0.2, 0.25) is 4.34 Å². The molecule has 3 N–H and O–H groups in total. The van der Waals surface area contributed by atoms with Gasteiger partial charge in [-0.1, -0.05) is 55.1 Å². The molecule has 12 heteroatoms. The minimum Gasteiger partial charge on any atom is -0.493 e. The van der Waals surface area contributed by atoms with Crippen LogP contribution in [0.25, 0.3) is 10.4 Å². The molecule has 1 aromatic heterocycles. The Balaban J connectivity index is 1.27. The van der Waals surface area contributed by atoms with Gasteiger partial charge in [-0.25, -0.2) is 8.42 Å². The first-order valence-corrected chi connectivity index (χ1v) is 18.8. The van der Waals surface area contributed by atoms with Gasteiger partial charge in [0.2, 0.25) is 15.9 Å². The molecular formula is C34H40ClF2N3O4S2. The summed E-state index contributed by atoms with van der Waals surface area (Å²) in [6.45, 7) is 0.880. The van der Waals surface area contributed by atoms with Crippen LogP contribution < -0.4 is 15.2 Å². The third-order valence-electron chi connectivity index (χ3n) is 9.87. The molecular weight excluding hydrogens is 652 g/mol. The van der Waals surface area contributed by atoms with Crippen LogP contribution in [0.5, 0.6) is 5.75 Å². The molecule has 3 fully saturated rings. The largest absolute Gasteiger partial charge is 0.493 e. The lowest BCUT2D eigenvalue weighted by Crippen LogP contribution is -2.60. The molecule has 1 amide bonds. The number of fused-ring (bicyclic) bond motifs is 2. The van der Waals surface area contributed by atoms with Gasteiger partial charge in [0.05, 0.1) is 15.8 Å². The zero-order chi connectivity index (χ0) is 32.5. The number of sulfonamides is 1. The van der Waals surface area contributed by atoms with E-state index >= 15 is 8.78 Å².